The molecule has 0 aliphatic heterocycles. The van der Waals surface area contributed by atoms with Gasteiger partial charge >= 0.3 is 0 Å². The minimum atomic E-state index is 0.218. The molecule has 2 atom stereocenters. The van der Waals surface area contributed by atoms with Crippen LogP contribution in [0.25, 0.3) is 22.4 Å². The minimum absolute atomic E-state index is 0.218. The molecular formula is C24H27B2N. The third-order valence-corrected chi connectivity index (χ3v) is 6.48. The van der Waals surface area contributed by atoms with Crippen molar-refractivity contribution in [2.75, 3.05) is 0 Å². The van der Waals surface area contributed by atoms with Crippen LogP contribution in [0.15, 0.2) is 72.9 Å². The Labute approximate surface area is 165 Å². The molecular weight excluding hydrogens is 324 g/mol. The average molecular weight is 351 g/mol. The van der Waals surface area contributed by atoms with E-state index in [1.54, 1.807) is 0 Å². The summed E-state index contributed by atoms with van der Waals surface area (Å²) in [7, 11) is 4.85. The zero-order chi connectivity index (χ0) is 18.9. The topological polar surface area (TPSA) is 12.9 Å². The lowest BCUT2D eigenvalue weighted by Gasteiger charge is -2.33. The second-order valence-electron chi connectivity index (χ2n) is 8.71. The van der Waals surface area contributed by atoms with Gasteiger partial charge in [0.25, 0.3) is 0 Å². The fraction of sp³-hybridized carbons (Fsp3) is 0.292. The number of rotatable bonds is 4. The van der Waals surface area contributed by atoms with Crippen LogP contribution in [0.3, 0.4) is 0 Å². The molecule has 1 aliphatic rings. The van der Waals surface area contributed by atoms with E-state index in [0.29, 0.717) is 0 Å². The molecule has 2 aromatic carbocycles. The van der Waals surface area contributed by atoms with Crippen LogP contribution in [0.2, 0.25) is 0 Å². The Morgan fingerprint density at radius 3 is 2.33 bits per heavy atom. The molecule has 0 spiro atoms. The van der Waals surface area contributed by atoms with Gasteiger partial charge in [-0.05, 0) is 41.5 Å². The van der Waals surface area contributed by atoms with E-state index < -0.39 is 0 Å². The molecule has 0 bridgehead atoms. The second kappa shape index (κ2) is 7.38. The van der Waals surface area contributed by atoms with Crippen molar-refractivity contribution < 1.29 is 0 Å². The van der Waals surface area contributed by atoms with Crippen LogP contribution in [0.1, 0.15) is 31.7 Å². The summed E-state index contributed by atoms with van der Waals surface area (Å²) in [4.78, 5) is 4.58. The van der Waals surface area contributed by atoms with Crippen molar-refractivity contribution >= 4 is 15.7 Å². The molecule has 0 radical (unpaired) electrons. The summed E-state index contributed by atoms with van der Waals surface area (Å²) in [6.07, 6.45) is 6.00. The summed E-state index contributed by atoms with van der Waals surface area (Å²) in [6.45, 7) is 2.40. The Morgan fingerprint density at radius 2 is 1.59 bits per heavy atom. The standard InChI is InChI=1S/C24H27B2N/c1-17-10-11-22(14-17)24(25,26)21-9-5-8-19(15-21)20-12-13-27-23(16-20)18-6-3-2-4-7-18/h2-9,12-13,15-17,22H,10-11,14,25-26H2,1H3. The van der Waals surface area contributed by atoms with Crippen LogP contribution in [-0.2, 0) is 5.21 Å². The van der Waals surface area contributed by atoms with Crippen molar-refractivity contribution in [3.63, 3.8) is 0 Å². The van der Waals surface area contributed by atoms with Crippen LogP contribution < -0.4 is 0 Å². The van der Waals surface area contributed by atoms with E-state index >= 15 is 0 Å². The summed E-state index contributed by atoms with van der Waals surface area (Å²) < 4.78 is 0. The van der Waals surface area contributed by atoms with E-state index in [2.05, 4.69) is 88.3 Å². The van der Waals surface area contributed by atoms with Gasteiger partial charge in [-0.1, -0.05) is 85.1 Å². The van der Waals surface area contributed by atoms with Crippen LogP contribution in [0.5, 0.6) is 0 Å². The Bertz CT molecular complexity index is 920. The lowest BCUT2D eigenvalue weighted by atomic mass is 9.45. The lowest BCUT2D eigenvalue weighted by Crippen LogP contribution is -2.35. The van der Waals surface area contributed by atoms with Crippen molar-refractivity contribution in [1.29, 1.82) is 0 Å². The average Bonchev–Trinajstić information content (AvgIpc) is 3.16. The van der Waals surface area contributed by atoms with Crippen LogP contribution in [-0.4, -0.2) is 20.7 Å². The molecule has 1 aliphatic carbocycles. The maximum atomic E-state index is 4.58. The first-order chi connectivity index (χ1) is 13.0. The van der Waals surface area contributed by atoms with Crippen molar-refractivity contribution in [1.82, 2.24) is 4.98 Å². The number of hydrogen-bond acceptors (Lipinski definition) is 1. The molecule has 0 N–H and O–H groups in total. The van der Waals surface area contributed by atoms with Gasteiger partial charge in [-0.15, -0.1) is 0 Å². The summed E-state index contributed by atoms with van der Waals surface area (Å²) in [5.74, 6) is 1.64. The first kappa shape index (κ1) is 18.1. The van der Waals surface area contributed by atoms with Crippen molar-refractivity contribution in [3.8, 4) is 22.4 Å². The number of benzene rings is 2. The van der Waals surface area contributed by atoms with Gasteiger partial charge in [-0.3, -0.25) is 4.98 Å². The molecule has 1 nitrogen and oxygen atoms in total. The van der Waals surface area contributed by atoms with Gasteiger partial charge in [0.1, 0.15) is 15.7 Å². The SMILES string of the molecule is BC(B)(c1cccc(-c2ccnc(-c3ccccc3)c2)c1)C1CCC(C)C1. The van der Waals surface area contributed by atoms with E-state index in [4.69, 9.17) is 0 Å². The predicted molar refractivity (Wildman–Crippen MR) is 120 cm³/mol. The Hall–Kier alpha value is -2.28. The van der Waals surface area contributed by atoms with Gasteiger partial charge in [0.2, 0.25) is 0 Å². The Balaban J connectivity index is 1.67. The molecule has 0 saturated heterocycles. The zero-order valence-corrected chi connectivity index (χ0v) is 16.7. The number of nitrogens with zero attached hydrogens (tertiary/aromatic N) is 1. The predicted octanol–water partition coefficient (Wildman–Crippen LogP) is 4.27. The van der Waals surface area contributed by atoms with E-state index in [1.165, 1.54) is 36.0 Å². The van der Waals surface area contributed by atoms with Gasteiger partial charge in [-0.25, -0.2) is 0 Å². The van der Waals surface area contributed by atoms with Crippen molar-refractivity contribution in [2.45, 2.75) is 31.4 Å². The van der Waals surface area contributed by atoms with Crippen molar-refractivity contribution in [2.24, 2.45) is 11.8 Å². The third-order valence-electron chi connectivity index (χ3n) is 6.48. The van der Waals surface area contributed by atoms with E-state index in [9.17, 15) is 0 Å². The maximum Gasteiger partial charge on any atom is 0.105 e. The number of hydrogen-bond donors (Lipinski definition) is 0. The van der Waals surface area contributed by atoms with Gasteiger partial charge in [-0.2, -0.15) is 0 Å². The smallest absolute Gasteiger partial charge is 0.105 e. The van der Waals surface area contributed by atoms with E-state index in [-0.39, 0.29) is 5.21 Å². The normalized spacial score (nSPS) is 19.9. The molecule has 3 aromatic rings. The summed E-state index contributed by atoms with van der Waals surface area (Å²) in [5.41, 5.74) is 6.17. The molecule has 1 aromatic heterocycles. The van der Waals surface area contributed by atoms with Crippen LogP contribution >= 0.6 is 0 Å². The first-order valence-electron chi connectivity index (χ1n) is 10.2. The third kappa shape index (κ3) is 3.74. The largest absolute Gasteiger partial charge is 0.256 e. The molecule has 27 heavy (non-hydrogen) atoms. The monoisotopic (exact) mass is 351 g/mol. The summed E-state index contributed by atoms with van der Waals surface area (Å²) >= 11 is 0. The molecule has 0 amide bonds. The van der Waals surface area contributed by atoms with Gasteiger partial charge < -0.3 is 0 Å². The second-order valence-corrected chi connectivity index (χ2v) is 8.71. The fourth-order valence-corrected chi connectivity index (χ4v) is 4.57. The molecule has 1 heterocycles. The molecule has 2 unspecified atom stereocenters. The lowest BCUT2D eigenvalue weighted by molar-refractivity contribution is 0.465. The first-order valence-corrected chi connectivity index (χ1v) is 10.2. The minimum Gasteiger partial charge on any atom is -0.256 e. The molecule has 4 rings (SSSR count). The fourth-order valence-electron chi connectivity index (χ4n) is 4.57. The highest BCUT2D eigenvalue weighted by Crippen LogP contribution is 2.41. The van der Waals surface area contributed by atoms with Gasteiger partial charge in [0, 0.05) is 11.8 Å². The van der Waals surface area contributed by atoms with E-state index in [0.717, 1.165) is 23.1 Å². The van der Waals surface area contributed by atoms with Crippen LogP contribution in [0, 0.1) is 11.8 Å². The highest BCUT2D eigenvalue weighted by Gasteiger charge is 2.35. The molecule has 1 fully saturated rings. The maximum absolute atomic E-state index is 4.58. The summed E-state index contributed by atoms with van der Waals surface area (Å²) in [5, 5.41) is 0.218. The highest BCUT2D eigenvalue weighted by molar-refractivity contribution is 6.40. The highest BCUT2D eigenvalue weighted by atomic mass is 14.7. The van der Waals surface area contributed by atoms with Gasteiger partial charge in [0.15, 0.2) is 0 Å². The molecule has 134 valence electrons. The molecule has 3 heteroatoms. The molecule has 1 saturated carbocycles. The van der Waals surface area contributed by atoms with E-state index in [1.807, 2.05) is 12.3 Å². The Kier molecular flexibility index (Phi) is 4.95. The number of aromatic nitrogens is 1. The van der Waals surface area contributed by atoms with Gasteiger partial charge in [0.05, 0.1) is 5.69 Å². The zero-order valence-electron chi connectivity index (χ0n) is 16.7. The Morgan fingerprint density at radius 1 is 0.852 bits per heavy atom. The van der Waals surface area contributed by atoms with Crippen LogP contribution in [0.4, 0.5) is 0 Å². The quantitative estimate of drug-likeness (QED) is 0.640. The summed E-state index contributed by atoms with van der Waals surface area (Å²) in [6, 6.07) is 23.9. The van der Waals surface area contributed by atoms with Crippen molar-refractivity contribution in [3.05, 3.63) is 78.5 Å². The number of pyridine rings is 1.